The third kappa shape index (κ3) is 4.35. The Balaban J connectivity index is 2.11. The SMILES string of the molecule is COC(=O)c1cnc(Nc2cccc(OC(F)(F)F)c2)s1. The van der Waals surface area contributed by atoms with Crippen molar-refractivity contribution >= 4 is 28.1 Å². The molecule has 2 aromatic rings. The molecule has 1 aromatic carbocycles. The van der Waals surface area contributed by atoms with Crippen LogP contribution in [-0.4, -0.2) is 24.4 Å². The summed E-state index contributed by atoms with van der Waals surface area (Å²) in [6, 6.07) is 5.30. The average Bonchev–Trinajstić information content (AvgIpc) is 2.84. The van der Waals surface area contributed by atoms with Crippen LogP contribution in [0.2, 0.25) is 0 Å². The van der Waals surface area contributed by atoms with Crippen molar-refractivity contribution < 1.29 is 27.4 Å². The molecule has 0 aliphatic rings. The van der Waals surface area contributed by atoms with Gasteiger partial charge in [0, 0.05) is 11.8 Å². The highest BCUT2D eigenvalue weighted by molar-refractivity contribution is 7.17. The van der Waals surface area contributed by atoms with Gasteiger partial charge in [-0.1, -0.05) is 17.4 Å². The van der Waals surface area contributed by atoms with Crippen molar-refractivity contribution in [2.45, 2.75) is 6.36 Å². The minimum atomic E-state index is -4.75. The normalized spacial score (nSPS) is 11.0. The van der Waals surface area contributed by atoms with Gasteiger partial charge in [-0.05, 0) is 12.1 Å². The minimum absolute atomic E-state index is 0.280. The molecule has 1 heterocycles. The number of ether oxygens (including phenoxy) is 2. The van der Waals surface area contributed by atoms with E-state index in [1.54, 1.807) is 6.07 Å². The Kier molecular flexibility index (Phi) is 4.32. The van der Waals surface area contributed by atoms with Gasteiger partial charge >= 0.3 is 12.3 Å². The van der Waals surface area contributed by atoms with Gasteiger partial charge in [0.15, 0.2) is 5.13 Å². The number of esters is 1. The number of aromatic nitrogens is 1. The Morgan fingerprint density at radius 2 is 2.14 bits per heavy atom. The van der Waals surface area contributed by atoms with E-state index in [1.807, 2.05) is 0 Å². The summed E-state index contributed by atoms with van der Waals surface area (Å²) in [5, 5.41) is 3.13. The number of nitrogens with one attached hydrogen (secondary N) is 1. The highest BCUT2D eigenvalue weighted by Crippen LogP contribution is 2.28. The number of carbonyl (C=O) groups is 1. The molecule has 21 heavy (non-hydrogen) atoms. The number of carbonyl (C=O) groups excluding carboxylic acids is 1. The standard InChI is InChI=1S/C12H9F3N2O3S/c1-19-10(18)9-6-16-11(21-9)17-7-3-2-4-8(5-7)20-12(13,14)15/h2-6H,1H3,(H,16,17). The molecule has 9 heteroatoms. The number of alkyl halides is 3. The maximum Gasteiger partial charge on any atom is 0.573 e. The van der Waals surface area contributed by atoms with E-state index in [0.29, 0.717) is 10.8 Å². The van der Waals surface area contributed by atoms with E-state index >= 15 is 0 Å². The lowest BCUT2D eigenvalue weighted by atomic mass is 10.3. The maximum absolute atomic E-state index is 12.1. The summed E-state index contributed by atoms with van der Waals surface area (Å²) in [6.45, 7) is 0. The van der Waals surface area contributed by atoms with Crippen LogP contribution in [0.4, 0.5) is 24.0 Å². The van der Waals surface area contributed by atoms with Crippen molar-refractivity contribution in [1.82, 2.24) is 4.98 Å². The van der Waals surface area contributed by atoms with Gasteiger partial charge in [-0.3, -0.25) is 0 Å². The van der Waals surface area contributed by atoms with E-state index in [9.17, 15) is 18.0 Å². The summed E-state index contributed by atoms with van der Waals surface area (Å²) in [7, 11) is 1.24. The lowest BCUT2D eigenvalue weighted by Gasteiger charge is -2.10. The number of methoxy groups -OCH3 is 1. The molecule has 0 aliphatic carbocycles. The summed E-state index contributed by atoms with van der Waals surface area (Å²) in [5.74, 6) is -0.882. The van der Waals surface area contributed by atoms with Crippen molar-refractivity contribution in [3.8, 4) is 5.75 Å². The Morgan fingerprint density at radius 1 is 1.38 bits per heavy atom. The van der Waals surface area contributed by atoms with Crippen LogP contribution < -0.4 is 10.1 Å². The van der Waals surface area contributed by atoms with Gasteiger partial charge in [0.2, 0.25) is 0 Å². The summed E-state index contributed by atoms with van der Waals surface area (Å²) in [5.41, 5.74) is 0.350. The van der Waals surface area contributed by atoms with Gasteiger partial charge < -0.3 is 14.8 Å². The second-order valence-corrected chi connectivity index (χ2v) is 4.75. The van der Waals surface area contributed by atoms with E-state index in [-0.39, 0.29) is 10.6 Å². The molecule has 112 valence electrons. The number of benzene rings is 1. The molecular formula is C12H9F3N2O3S. The van der Waals surface area contributed by atoms with E-state index in [0.717, 1.165) is 11.3 Å². The molecule has 1 N–H and O–H groups in total. The Bertz CT molecular complexity index is 643. The Hall–Kier alpha value is -2.29. The van der Waals surface area contributed by atoms with Crippen LogP contribution in [0.1, 0.15) is 9.67 Å². The van der Waals surface area contributed by atoms with Crippen molar-refractivity contribution in [3.05, 3.63) is 35.3 Å². The summed E-state index contributed by atoms with van der Waals surface area (Å²) < 4.78 is 44.7. The van der Waals surface area contributed by atoms with Crippen molar-refractivity contribution in [2.75, 3.05) is 12.4 Å². The lowest BCUT2D eigenvalue weighted by molar-refractivity contribution is -0.274. The van der Waals surface area contributed by atoms with E-state index in [1.165, 1.54) is 31.5 Å². The van der Waals surface area contributed by atoms with Gasteiger partial charge in [0.05, 0.1) is 13.3 Å². The third-order valence-corrected chi connectivity index (χ3v) is 3.10. The topological polar surface area (TPSA) is 60.5 Å². The zero-order valence-corrected chi connectivity index (χ0v) is 11.4. The monoisotopic (exact) mass is 318 g/mol. The molecule has 0 fully saturated rings. The van der Waals surface area contributed by atoms with E-state index in [2.05, 4.69) is 19.8 Å². The molecule has 0 saturated carbocycles. The molecule has 2 rings (SSSR count). The zero-order valence-electron chi connectivity index (χ0n) is 10.6. The quantitative estimate of drug-likeness (QED) is 0.873. The molecule has 0 amide bonds. The average molecular weight is 318 g/mol. The van der Waals surface area contributed by atoms with Crippen molar-refractivity contribution in [1.29, 1.82) is 0 Å². The van der Waals surface area contributed by atoms with E-state index < -0.39 is 12.3 Å². The van der Waals surface area contributed by atoms with Crippen LogP contribution in [0.15, 0.2) is 30.5 Å². The highest BCUT2D eigenvalue weighted by atomic mass is 32.1. The number of hydrogen-bond donors (Lipinski definition) is 1. The number of anilines is 2. The third-order valence-electron chi connectivity index (χ3n) is 2.21. The maximum atomic E-state index is 12.1. The fourth-order valence-corrected chi connectivity index (χ4v) is 2.18. The van der Waals surface area contributed by atoms with E-state index in [4.69, 9.17) is 0 Å². The molecule has 0 unspecified atom stereocenters. The molecule has 5 nitrogen and oxygen atoms in total. The fraction of sp³-hybridized carbons (Fsp3) is 0.167. The fourth-order valence-electron chi connectivity index (χ4n) is 1.42. The van der Waals surface area contributed by atoms with Crippen LogP contribution in [0, 0.1) is 0 Å². The summed E-state index contributed by atoms with van der Waals surface area (Å²) in [6.07, 6.45) is -3.44. The first kappa shape index (κ1) is 15.1. The first-order valence-electron chi connectivity index (χ1n) is 5.54. The Morgan fingerprint density at radius 3 is 2.81 bits per heavy atom. The first-order valence-corrected chi connectivity index (χ1v) is 6.36. The van der Waals surface area contributed by atoms with Crippen molar-refractivity contribution in [3.63, 3.8) is 0 Å². The molecule has 0 aliphatic heterocycles. The minimum Gasteiger partial charge on any atom is -0.465 e. The number of hydrogen-bond acceptors (Lipinski definition) is 6. The molecule has 1 aromatic heterocycles. The summed E-state index contributed by atoms with van der Waals surface area (Å²) >= 11 is 1.02. The molecule has 0 atom stereocenters. The van der Waals surface area contributed by atoms with Gasteiger partial charge in [0.25, 0.3) is 0 Å². The number of thiazole rings is 1. The van der Waals surface area contributed by atoms with Gasteiger partial charge in [-0.15, -0.1) is 13.2 Å². The Labute approximate surface area is 121 Å². The van der Waals surface area contributed by atoms with Crippen LogP contribution >= 0.6 is 11.3 Å². The molecule has 0 spiro atoms. The predicted octanol–water partition coefficient (Wildman–Crippen LogP) is 3.57. The molecule has 0 radical (unpaired) electrons. The van der Waals surface area contributed by atoms with Crippen LogP contribution in [-0.2, 0) is 4.74 Å². The highest BCUT2D eigenvalue weighted by Gasteiger charge is 2.31. The van der Waals surface area contributed by atoms with Gasteiger partial charge in [-0.25, -0.2) is 9.78 Å². The van der Waals surface area contributed by atoms with Crippen LogP contribution in [0.3, 0.4) is 0 Å². The number of halogens is 3. The zero-order chi connectivity index (χ0) is 15.5. The number of nitrogens with zero attached hydrogens (tertiary/aromatic N) is 1. The summed E-state index contributed by atoms with van der Waals surface area (Å²) in [4.78, 5) is 15.5. The lowest BCUT2D eigenvalue weighted by Crippen LogP contribution is -2.17. The molecule has 0 saturated heterocycles. The van der Waals surface area contributed by atoms with Crippen LogP contribution in [0.25, 0.3) is 0 Å². The second kappa shape index (κ2) is 6.00. The second-order valence-electron chi connectivity index (χ2n) is 3.72. The molecule has 0 bridgehead atoms. The van der Waals surface area contributed by atoms with Crippen molar-refractivity contribution in [2.24, 2.45) is 0 Å². The van der Waals surface area contributed by atoms with Crippen LogP contribution in [0.5, 0.6) is 5.75 Å². The predicted molar refractivity (Wildman–Crippen MR) is 69.9 cm³/mol. The number of rotatable bonds is 4. The smallest absolute Gasteiger partial charge is 0.465 e. The largest absolute Gasteiger partial charge is 0.573 e. The van der Waals surface area contributed by atoms with Gasteiger partial charge in [-0.2, -0.15) is 0 Å². The first-order chi connectivity index (χ1) is 9.87. The van der Waals surface area contributed by atoms with Gasteiger partial charge in [0.1, 0.15) is 10.6 Å². The molecular weight excluding hydrogens is 309 g/mol.